The monoisotopic (exact) mass is 996 g/mol. The Labute approximate surface area is 454 Å². The lowest BCUT2D eigenvalue weighted by molar-refractivity contribution is 1.18. The zero-order valence-electron chi connectivity index (χ0n) is 42.8. The van der Waals surface area contributed by atoms with Gasteiger partial charge in [-0.1, -0.05) is 194 Å². The SMILES string of the molecule is C(=C\c1ccc(N(c2ccccc2)c2ccc3c(c2)c2ccccc2n3-c2cccc(-c3ccccc3)c2)cc1)/c1ccc(N(c2ccccc2)c2ccc3c(c2)c2ccccc2n3-c2cccc(-c3ccccc3)c2)cc1. The van der Waals surface area contributed by atoms with Gasteiger partial charge in [-0.05, 0) is 155 Å². The first kappa shape index (κ1) is 46.1. The Morgan fingerprint density at radius 1 is 0.218 bits per heavy atom. The van der Waals surface area contributed by atoms with Gasteiger partial charge >= 0.3 is 0 Å². The van der Waals surface area contributed by atoms with Gasteiger partial charge in [0.05, 0.1) is 22.1 Å². The normalized spacial score (nSPS) is 11.5. The Balaban J connectivity index is 0.761. The van der Waals surface area contributed by atoms with Gasteiger partial charge in [0.25, 0.3) is 0 Å². The number of hydrogen-bond acceptors (Lipinski definition) is 2. The van der Waals surface area contributed by atoms with Crippen LogP contribution in [0.15, 0.2) is 303 Å². The van der Waals surface area contributed by atoms with Crippen molar-refractivity contribution in [3.8, 4) is 33.6 Å². The molecule has 0 radical (unpaired) electrons. The fourth-order valence-corrected chi connectivity index (χ4v) is 11.4. The van der Waals surface area contributed by atoms with E-state index in [1.54, 1.807) is 0 Å². The molecule has 0 saturated carbocycles. The molecule has 0 fully saturated rings. The molecule has 0 aliphatic heterocycles. The molecule has 78 heavy (non-hydrogen) atoms. The van der Waals surface area contributed by atoms with Crippen LogP contribution in [0.3, 0.4) is 0 Å². The van der Waals surface area contributed by atoms with Crippen LogP contribution in [0.5, 0.6) is 0 Å². The molecule has 0 spiro atoms. The first-order valence-corrected chi connectivity index (χ1v) is 26.7. The summed E-state index contributed by atoms with van der Waals surface area (Å²) >= 11 is 0. The van der Waals surface area contributed by atoms with Gasteiger partial charge in [0.2, 0.25) is 0 Å². The van der Waals surface area contributed by atoms with Crippen LogP contribution in [0.4, 0.5) is 34.1 Å². The third-order valence-corrected chi connectivity index (χ3v) is 15.1. The Bertz CT molecular complexity index is 4170. The first-order valence-electron chi connectivity index (χ1n) is 26.7. The largest absolute Gasteiger partial charge is 0.310 e. The number of benzene rings is 12. The second kappa shape index (κ2) is 20.0. The molecule has 0 saturated heterocycles. The van der Waals surface area contributed by atoms with Crippen molar-refractivity contribution >= 4 is 89.9 Å². The van der Waals surface area contributed by atoms with E-state index in [0.717, 1.165) is 56.6 Å². The number of anilines is 6. The summed E-state index contributed by atoms with van der Waals surface area (Å²) in [7, 11) is 0. The summed E-state index contributed by atoms with van der Waals surface area (Å²) in [6.45, 7) is 0. The van der Waals surface area contributed by atoms with E-state index in [1.807, 2.05) is 0 Å². The second-order valence-corrected chi connectivity index (χ2v) is 19.8. The van der Waals surface area contributed by atoms with E-state index < -0.39 is 0 Å². The first-order chi connectivity index (χ1) is 38.7. The molecule has 4 heteroatoms. The molecule has 0 N–H and O–H groups in total. The Morgan fingerprint density at radius 3 is 0.949 bits per heavy atom. The van der Waals surface area contributed by atoms with Crippen molar-refractivity contribution in [1.29, 1.82) is 0 Å². The quantitative estimate of drug-likeness (QED) is 0.113. The molecule has 0 bridgehead atoms. The van der Waals surface area contributed by atoms with Crippen molar-refractivity contribution in [2.24, 2.45) is 0 Å². The Kier molecular flexibility index (Phi) is 11.8. The predicted molar refractivity (Wildman–Crippen MR) is 331 cm³/mol. The van der Waals surface area contributed by atoms with Crippen molar-refractivity contribution in [2.75, 3.05) is 9.80 Å². The lowest BCUT2D eigenvalue weighted by atomic mass is 10.1. The van der Waals surface area contributed by atoms with Crippen LogP contribution >= 0.6 is 0 Å². The molecule has 14 aromatic rings. The van der Waals surface area contributed by atoms with Crippen LogP contribution in [-0.4, -0.2) is 9.13 Å². The van der Waals surface area contributed by atoms with Gasteiger partial charge in [0.1, 0.15) is 0 Å². The zero-order valence-corrected chi connectivity index (χ0v) is 42.8. The lowest BCUT2D eigenvalue weighted by Gasteiger charge is -2.26. The molecule has 4 nitrogen and oxygen atoms in total. The number of aromatic nitrogens is 2. The van der Waals surface area contributed by atoms with Crippen LogP contribution in [-0.2, 0) is 0 Å². The van der Waals surface area contributed by atoms with Gasteiger partial charge in [-0.3, -0.25) is 0 Å². The molecule has 14 rings (SSSR count). The molecule has 368 valence electrons. The average molecular weight is 997 g/mol. The molecule has 0 amide bonds. The van der Waals surface area contributed by atoms with Gasteiger partial charge in [-0.2, -0.15) is 0 Å². The second-order valence-electron chi connectivity index (χ2n) is 19.8. The molecule has 0 aliphatic carbocycles. The molecule has 2 aromatic heterocycles. The van der Waals surface area contributed by atoms with Gasteiger partial charge in [-0.15, -0.1) is 0 Å². The highest BCUT2D eigenvalue weighted by Crippen LogP contribution is 2.42. The molecular formula is C74H52N4. The van der Waals surface area contributed by atoms with Crippen LogP contribution < -0.4 is 9.80 Å². The van der Waals surface area contributed by atoms with E-state index in [1.165, 1.54) is 65.9 Å². The van der Waals surface area contributed by atoms with Crippen molar-refractivity contribution in [3.63, 3.8) is 0 Å². The van der Waals surface area contributed by atoms with Crippen molar-refractivity contribution < 1.29 is 0 Å². The minimum atomic E-state index is 1.09. The van der Waals surface area contributed by atoms with Crippen LogP contribution in [0.1, 0.15) is 11.1 Å². The van der Waals surface area contributed by atoms with E-state index in [2.05, 4.69) is 334 Å². The Hall–Kier alpha value is -10.4. The van der Waals surface area contributed by atoms with E-state index in [4.69, 9.17) is 0 Å². The summed E-state index contributed by atoms with van der Waals surface area (Å²) in [5, 5.41) is 4.85. The zero-order chi connectivity index (χ0) is 51.8. The highest BCUT2D eigenvalue weighted by Gasteiger charge is 2.20. The average Bonchev–Trinajstić information content (AvgIpc) is 4.26. The van der Waals surface area contributed by atoms with Crippen LogP contribution in [0.25, 0.3) is 89.4 Å². The minimum Gasteiger partial charge on any atom is -0.310 e. The number of fused-ring (bicyclic) bond motifs is 6. The van der Waals surface area contributed by atoms with Crippen molar-refractivity contribution in [2.45, 2.75) is 0 Å². The maximum absolute atomic E-state index is 2.40. The smallest absolute Gasteiger partial charge is 0.0542 e. The highest BCUT2D eigenvalue weighted by molar-refractivity contribution is 6.12. The topological polar surface area (TPSA) is 16.3 Å². The number of hydrogen-bond donors (Lipinski definition) is 0. The third kappa shape index (κ3) is 8.58. The van der Waals surface area contributed by atoms with Crippen LogP contribution in [0, 0.1) is 0 Å². The van der Waals surface area contributed by atoms with E-state index >= 15 is 0 Å². The van der Waals surface area contributed by atoms with E-state index in [-0.39, 0.29) is 0 Å². The summed E-state index contributed by atoms with van der Waals surface area (Å²) in [6.07, 6.45) is 4.40. The predicted octanol–water partition coefficient (Wildman–Crippen LogP) is 20.3. The number of rotatable bonds is 12. The van der Waals surface area contributed by atoms with Gasteiger partial charge in [0.15, 0.2) is 0 Å². The molecule has 12 aromatic carbocycles. The lowest BCUT2D eigenvalue weighted by Crippen LogP contribution is -2.09. The maximum Gasteiger partial charge on any atom is 0.0542 e. The van der Waals surface area contributed by atoms with Crippen molar-refractivity contribution in [3.05, 3.63) is 314 Å². The summed E-state index contributed by atoms with van der Waals surface area (Å²) in [5.41, 5.74) is 20.6. The maximum atomic E-state index is 2.40. The van der Waals surface area contributed by atoms with Crippen molar-refractivity contribution in [1.82, 2.24) is 9.13 Å². The number of para-hydroxylation sites is 4. The summed E-state index contributed by atoms with van der Waals surface area (Å²) in [6, 6.07) is 109. The summed E-state index contributed by atoms with van der Waals surface area (Å²) < 4.78 is 4.80. The molecule has 0 atom stereocenters. The molecule has 2 heterocycles. The molecule has 0 unspecified atom stereocenters. The summed E-state index contributed by atoms with van der Waals surface area (Å²) in [5.74, 6) is 0. The molecule has 0 aliphatic rings. The van der Waals surface area contributed by atoms with Gasteiger partial charge in [0, 0.05) is 67.0 Å². The summed E-state index contributed by atoms with van der Waals surface area (Å²) in [4.78, 5) is 4.71. The fraction of sp³-hybridized carbons (Fsp3) is 0. The Morgan fingerprint density at radius 2 is 0.538 bits per heavy atom. The van der Waals surface area contributed by atoms with E-state index in [0.29, 0.717) is 0 Å². The highest BCUT2D eigenvalue weighted by atomic mass is 15.1. The molecular weight excluding hydrogens is 945 g/mol. The van der Waals surface area contributed by atoms with Gasteiger partial charge in [-0.25, -0.2) is 0 Å². The number of nitrogens with zero attached hydrogens (tertiary/aromatic N) is 4. The van der Waals surface area contributed by atoms with Gasteiger partial charge < -0.3 is 18.9 Å². The standard InChI is InChI=1S/C74H52N4/c1-5-19-55(20-6-1)57-23-17-29-63(49-57)77-71-33-15-13-31-67(71)69-51-65(45-47-73(69)77)75(59-25-9-3-10-26-59)61-41-37-53(38-42-61)35-36-54-39-43-62(44-40-54)76(60-27-11-4-12-28-60)66-46-48-74-70(52-66)68-32-14-16-34-72(68)78(74)64-30-18-24-58(50-64)56-21-7-2-8-22-56/h1-52H/b36-35+. The van der Waals surface area contributed by atoms with E-state index in [9.17, 15) is 0 Å². The third-order valence-electron chi connectivity index (χ3n) is 15.1. The minimum absolute atomic E-state index is 1.09. The van der Waals surface area contributed by atoms with Crippen LogP contribution in [0.2, 0.25) is 0 Å². The fourth-order valence-electron chi connectivity index (χ4n) is 11.4.